The summed E-state index contributed by atoms with van der Waals surface area (Å²) in [4.78, 5) is 38.8. The average Bonchev–Trinajstić information content (AvgIpc) is 2.93. The first-order valence-electron chi connectivity index (χ1n) is 8.90. The number of amides is 3. The number of nitrogens with zero attached hydrogens (tertiary/aromatic N) is 1. The number of urea groups is 1. The van der Waals surface area contributed by atoms with Crippen molar-refractivity contribution in [3.63, 3.8) is 0 Å². The molecule has 1 saturated heterocycles. The van der Waals surface area contributed by atoms with Crippen LogP contribution in [0.2, 0.25) is 5.02 Å². The molecule has 2 aromatic carbocycles. The quantitative estimate of drug-likeness (QED) is 0.589. The molecule has 2 aromatic rings. The molecular formula is C21H21ClN2O4. The van der Waals surface area contributed by atoms with Crippen LogP contribution in [-0.2, 0) is 16.9 Å². The van der Waals surface area contributed by atoms with E-state index in [-0.39, 0.29) is 18.2 Å². The van der Waals surface area contributed by atoms with Crippen LogP contribution >= 0.6 is 11.6 Å². The molecule has 1 atom stereocenters. The number of methoxy groups -OCH3 is 1. The molecule has 1 aliphatic rings. The molecule has 1 unspecified atom stereocenters. The fourth-order valence-corrected chi connectivity index (χ4v) is 3.56. The second-order valence-electron chi connectivity index (χ2n) is 6.67. The molecular weight excluding hydrogens is 380 g/mol. The molecule has 7 heteroatoms. The van der Waals surface area contributed by atoms with Gasteiger partial charge in [0.15, 0.2) is 5.78 Å². The summed E-state index contributed by atoms with van der Waals surface area (Å²) in [5.41, 5.74) is 0.598. The summed E-state index contributed by atoms with van der Waals surface area (Å²) in [5.74, 6) is 0.0499. The summed E-state index contributed by atoms with van der Waals surface area (Å²) in [6, 6.07) is 11.3. The Labute approximate surface area is 168 Å². The van der Waals surface area contributed by atoms with E-state index in [9.17, 15) is 14.4 Å². The van der Waals surface area contributed by atoms with Crippen LogP contribution in [0.5, 0.6) is 5.75 Å². The van der Waals surface area contributed by atoms with Crippen LogP contribution in [0.15, 0.2) is 42.5 Å². The van der Waals surface area contributed by atoms with Crippen LogP contribution in [0.4, 0.5) is 4.79 Å². The van der Waals surface area contributed by atoms with E-state index in [1.54, 1.807) is 42.5 Å². The number of Topliss-reactive ketones (excluding diaryl/α,β-unsaturated/α-hetero) is 1. The monoisotopic (exact) mass is 400 g/mol. The largest absolute Gasteiger partial charge is 0.496 e. The van der Waals surface area contributed by atoms with Gasteiger partial charge in [-0.3, -0.25) is 14.5 Å². The topological polar surface area (TPSA) is 75.7 Å². The highest BCUT2D eigenvalue weighted by Crippen LogP contribution is 2.34. The maximum atomic E-state index is 13.3. The maximum absolute atomic E-state index is 13.3. The molecule has 6 nitrogen and oxygen atoms in total. The first-order valence-corrected chi connectivity index (χ1v) is 9.28. The second kappa shape index (κ2) is 7.64. The minimum Gasteiger partial charge on any atom is -0.496 e. The van der Waals surface area contributed by atoms with E-state index < -0.39 is 11.6 Å². The summed E-state index contributed by atoms with van der Waals surface area (Å²) in [5, 5.41) is 3.38. The average molecular weight is 401 g/mol. The highest BCUT2D eigenvalue weighted by molar-refractivity contribution is 6.30. The summed E-state index contributed by atoms with van der Waals surface area (Å²) in [6.07, 6.45) is 0.389. The summed E-state index contributed by atoms with van der Waals surface area (Å²) >= 11 is 5.96. The van der Waals surface area contributed by atoms with Gasteiger partial charge < -0.3 is 10.1 Å². The van der Waals surface area contributed by atoms with Gasteiger partial charge in [-0.05, 0) is 49.2 Å². The summed E-state index contributed by atoms with van der Waals surface area (Å²) in [7, 11) is 1.50. The number of benzene rings is 2. The lowest BCUT2D eigenvalue weighted by Gasteiger charge is -2.26. The number of rotatable bonds is 6. The van der Waals surface area contributed by atoms with Crippen LogP contribution < -0.4 is 10.1 Å². The van der Waals surface area contributed by atoms with Crippen molar-refractivity contribution in [3.05, 3.63) is 64.2 Å². The minimum atomic E-state index is -1.15. The first kappa shape index (κ1) is 19.9. The normalized spacial score (nSPS) is 18.9. The molecule has 1 N–H and O–H groups in total. The van der Waals surface area contributed by atoms with Gasteiger partial charge in [0.05, 0.1) is 13.7 Å². The molecule has 0 spiro atoms. The SMILES string of the molecule is CCC1(c2ccc(Cl)cc2)NC(=O)N(Cc2cc(C(C)=O)ccc2OC)C1=O. The van der Waals surface area contributed by atoms with Crippen molar-refractivity contribution in [1.29, 1.82) is 0 Å². The minimum absolute atomic E-state index is 0.00427. The van der Waals surface area contributed by atoms with Crippen LogP contribution in [0.25, 0.3) is 0 Å². The number of imide groups is 1. The maximum Gasteiger partial charge on any atom is 0.325 e. The zero-order valence-electron chi connectivity index (χ0n) is 15.9. The third-order valence-electron chi connectivity index (χ3n) is 5.06. The molecule has 3 amide bonds. The molecule has 0 radical (unpaired) electrons. The zero-order valence-corrected chi connectivity index (χ0v) is 16.7. The molecule has 1 aliphatic heterocycles. The lowest BCUT2D eigenvalue weighted by Crippen LogP contribution is -2.43. The van der Waals surface area contributed by atoms with E-state index in [1.165, 1.54) is 14.0 Å². The third-order valence-corrected chi connectivity index (χ3v) is 5.31. The molecule has 0 saturated carbocycles. The molecule has 146 valence electrons. The predicted octanol–water partition coefficient (Wildman–Crippen LogP) is 3.91. The van der Waals surface area contributed by atoms with Gasteiger partial charge in [0, 0.05) is 16.1 Å². The van der Waals surface area contributed by atoms with Crippen LogP contribution in [0.3, 0.4) is 0 Å². The van der Waals surface area contributed by atoms with Crippen molar-refractivity contribution in [2.75, 3.05) is 7.11 Å². The van der Waals surface area contributed by atoms with Crippen LogP contribution in [0.1, 0.15) is 41.8 Å². The Balaban J connectivity index is 1.97. The fraction of sp³-hybridized carbons (Fsp3) is 0.286. The molecule has 28 heavy (non-hydrogen) atoms. The smallest absolute Gasteiger partial charge is 0.325 e. The Hall–Kier alpha value is -2.86. The van der Waals surface area contributed by atoms with Gasteiger partial charge in [-0.15, -0.1) is 0 Å². The second-order valence-corrected chi connectivity index (χ2v) is 7.11. The summed E-state index contributed by atoms with van der Waals surface area (Å²) in [6.45, 7) is 3.31. The first-order chi connectivity index (χ1) is 13.3. The van der Waals surface area contributed by atoms with Gasteiger partial charge in [-0.25, -0.2) is 4.79 Å². The lowest BCUT2D eigenvalue weighted by molar-refractivity contribution is -0.132. The van der Waals surface area contributed by atoms with Gasteiger partial charge in [0.2, 0.25) is 0 Å². The Kier molecular flexibility index (Phi) is 5.42. The van der Waals surface area contributed by atoms with Gasteiger partial charge in [-0.2, -0.15) is 0 Å². The molecule has 3 rings (SSSR count). The van der Waals surface area contributed by atoms with Gasteiger partial charge in [0.1, 0.15) is 11.3 Å². The molecule has 0 aliphatic carbocycles. The number of carbonyl (C=O) groups excluding carboxylic acids is 3. The van der Waals surface area contributed by atoms with Crippen molar-refractivity contribution in [2.45, 2.75) is 32.4 Å². The highest BCUT2D eigenvalue weighted by Gasteiger charge is 2.51. The third kappa shape index (κ3) is 3.36. The number of hydrogen-bond acceptors (Lipinski definition) is 4. The van der Waals surface area contributed by atoms with Crippen molar-refractivity contribution >= 4 is 29.3 Å². The van der Waals surface area contributed by atoms with Crippen LogP contribution in [0, 0.1) is 0 Å². The zero-order chi connectivity index (χ0) is 20.5. The fourth-order valence-electron chi connectivity index (χ4n) is 3.43. The number of ether oxygens (including phenoxy) is 1. The number of nitrogens with one attached hydrogen (secondary N) is 1. The number of ketones is 1. The number of hydrogen-bond donors (Lipinski definition) is 1. The molecule has 0 aromatic heterocycles. The van der Waals surface area contributed by atoms with Gasteiger partial charge >= 0.3 is 6.03 Å². The molecule has 0 bridgehead atoms. The standard InChI is InChI=1S/C21H21ClN2O4/c1-4-21(16-6-8-17(22)9-7-16)19(26)24(20(27)23-21)12-15-11-14(13(2)25)5-10-18(15)28-3/h5-11H,4,12H2,1-3H3,(H,23,27). The summed E-state index contributed by atoms with van der Waals surface area (Å²) < 4.78 is 5.34. The van der Waals surface area contributed by atoms with Gasteiger partial charge in [0.25, 0.3) is 5.91 Å². The van der Waals surface area contributed by atoms with E-state index in [0.29, 0.717) is 33.9 Å². The Morgan fingerprint density at radius 1 is 1.18 bits per heavy atom. The van der Waals surface area contributed by atoms with Crippen molar-refractivity contribution in [3.8, 4) is 5.75 Å². The van der Waals surface area contributed by atoms with E-state index in [0.717, 1.165) is 4.90 Å². The van der Waals surface area contributed by atoms with Crippen molar-refractivity contribution in [1.82, 2.24) is 10.2 Å². The van der Waals surface area contributed by atoms with E-state index >= 15 is 0 Å². The number of carbonyl (C=O) groups is 3. The van der Waals surface area contributed by atoms with Gasteiger partial charge in [-0.1, -0.05) is 30.7 Å². The predicted molar refractivity (Wildman–Crippen MR) is 106 cm³/mol. The Bertz CT molecular complexity index is 942. The van der Waals surface area contributed by atoms with Crippen LogP contribution in [-0.4, -0.2) is 29.7 Å². The Morgan fingerprint density at radius 2 is 1.86 bits per heavy atom. The van der Waals surface area contributed by atoms with E-state index in [1.807, 2.05) is 6.92 Å². The highest BCUT2D eigenvalue weighted by atomic mass is 35.5. The van der Waals surface area contributed by atoms with E-state index in [4.69, 9.17) is 16.3 Å². The lowest BCUT2D eigenvalue weighted by atomic mass is 9.87. The Morgan fingerprint density at radius 3 is 2.43 bits per heavy atom. The molecule has 1 fully saturated rings. The number of halogens is 1. The van der Waals surface area contributed by atoms with Crippen molar-refractivity contribution in [2.24, 2.45) is 0 Å². The molecule has 1 heterocycles. The van der Waals surface area contributed by atoms with E-state index in [2.05, 4.69) is 5.32 Å². The van der Waals surface area contributed by atoms with Crippen molar-refractivity contribution < 1.29 is 19.1 Å².